The Hall–Kier alpha value is -2.05. The lowest BCUT2D eigenvalue weighted by atomic mass is 9.73. The first kappa shape index (κ1) is 15.8. The predicted octanol–water partition coefficient (Wildman–Crippen LogP) is 1.36. The van der Waals surface area contributed by atoms with Crippen LogP contribution >= 0.6 is 0 Å². The molecule has 2 aliphatic rings. The summed E-state index contributed by atoms with van der Waals surface area (Å²) in [6.07, 6.45) is 0. The van der Waals surface area contributed by atoms with Crippen molar-refractivity contribution in [1.82, 2.24) is 24.9 Å². The first-order valence-corrected chi connectivity index (χ1v) is 8.20. The van der Waals surface area contributed by atoms with Gasteiger partial charge in [0.15, 0.2) is 0 Å². The molecule has 3 heterocycles. The molecule has 1 aromatic heterocycles. The van der Waals surface area contributed by atoms with Crippen LogP contribution in [0.15, 0.2) is 6.07 Å². The number of amides is 3. The minimum absolute atomic E-state index is 0.0192. The minimum atomic E-state index is -0.0192. The third kappa shape index (κ3) is 2.68. The van der Waals surface area contributed by atoms with Gasteiger partial charge in [0.05, 0.1) is 0 Å². The molecule has 0 aliphatic carbocycles. The molecule has 1 spiro atoms. The highest BCUT2D eigenvalue weighted by Gasteiger charge is 2.55. The van der Waals surface area contributed by atoms with E-state index >= 15 is 0 Å². The van der Waals surface area contributed by atoms with Crippen molar-refractivity contribution in [2.45, 2.75) is 26.7 Å². The second kappa shape index (κ2) is 5.54. The minimum Gasteiger partial charge on any atom is -0.336 e. The topological polar surface area (TPSA) is 72.5 Å². The lowest BCUT2D eigenvalue weighted by Crippen LogP contribution is -2.74. The number of aromatic amines is 1. The van der Waals surface area contributed by atoms with Gasteiger partial charge >= 0.3 is 6.03 Å². The monoisotopic (exact) mass is 319 g/mol. The Bertz CT molecular complexity index is 610. The summed E-state index contributed by atoms with van der Waals surface area (Å²) in [6, 6.07) is 1.92. The largest absolute Gasteiger partial charge is 0.336 e. The van der Waals surface area contributed by atoms with Crippen molar-refractivity contribution in [3.05, 3.63) is 17.5 Å². The van der Waals surface area contributed by atoms with Gasteiger partial charge in [-0.1, -0.05) is 13.8 Å². The maximum atomic E-state index is 12.4. The Balaban J connectivity index is 1.52. The zero-order chi connectivity index (χ0) is 16.8. The van der Waals surface area contributed by atoms with E-state index in [2.05, 4.69) is 24.0 Å². The second-order valence-corrected chi connectivity index (χ2v) is 7.18. The molecule has 3 rings (SSSR count). The molecule has 1 N–H and O–H groups in total. The molecular weight excluding hydrogens is 294 g/mol. The van der Waals surface area contributed by atoms with Crippen LogP contribution in [0.25, 0.3) is 0 Å². The van der Waals surface area contributed by atoms with Crippen molar-refractivity contribution in [2.24, 2.45) is 5.41 Å². The standard InChI is InChI=1S/C16H25N5O2/c1-5-19(4)15(23)21-9-16(10-21)7-20(8-16)14(22)13-6-12(11(2)3)17-18-13/h6,11H,5,7-10H2,1-4H3,(H,17,18). The van der Waals surface area contributed by atoms with E-state index in [4.69, 9.17) is 0 Å². The van der Waals surface area contributed by atoms with E-state index in [9.17, 15) is 9.59 Å². The van der Waals surface area contributed by atoms with E-state index in [1.807, 2.05) is 29.8 Å². The number of likely N-dealkylation sites (tertiary alicyclic amines) is 2. The number of rotatable bonds is 3. The Morgan fingerprint density at radius 2 is 1.91 bits per heavy atom. The molecule has 0 saturated carbocycles. The molecule has 126 valence electrons. The summed E-state index contributed by atoms with van der Waals surface area (Å²) < 4.78 is 0. The molecule has 3 amide bonds. The molecule has 0 aromatic carbocycles. The van der Waals surface area contributed by atoms with E-state index < -0.39 is 0 Å². The molecule has 2 fully saturated rings. The number of hydrogen-bond acceptors (Lipinski definition) is 3. The molecule has 0 bridgehead atoms. The zero-order valence-electron chi connectivity index (χ0n) is 14.3. The van der Waals surface area contributed by atoms with E-state index in [0.717, 1.165) is 31.9 Å². The smallest absolute Gasteiger partial charge is 0.319 e. The normalized spacial score (nSPS) is 18.8. The maximum absolute atomic E-state index is 12.4. The number of nitrogens with zero attached hydrogens (tertiary/aromatic N) is 4. The van der Waals surface area contributed by atoms with Crippen LogP contribution in [0, 0.1) is 5.41 Å². The van der Waals surface area contributed by atoms with Crippen LogP contribution in [0.3, 0.4) is 0 Å². The van der Waals surface area contributed by atoms with E-state index in [0.29, 0.717) is 18.2 Å². The number of hydrogen-bond donors (Lipinski definition) is 1. The molecule has 7 heteroatoms. The number of nitrogens with one attached hydrogen (secondary N) is 1. The average Bonchev–Trinajstić information content (AvgIpc) is 2.92. The van der Waals surface area contributed by atoms with Gasteiger partial charge < -0.3 is 14.7 Å². The fourth-order valence-electron chi connectivity index (χ4n) is 3.29. The third-order valence-corrected chi connectivity index (χ3v) is 4.90. The number of carbonyl (C=O) groups is 2. The van der Waals surface area contributed by atoms with Gasteiger partial charge in [0.2, 0.25) is 0 Å². The Morgan fingerprint density at radius 1 is 1.30 bits per heavy atom. The van der Waals surface area contributed by atoms with Crippen LogP contribution in [0.2, 0.25) is 0 Å². The fourth-order valence-corrected chi connectivity index (χ4v) is 3.29. The molecular formula is C16H25N5O2. The van der Waals surface area contributed by atoms with Crippen LogP contribution < -0.4 is 0 Å². The van der Waals surface area contributed by atoms with Crippen molar-refractivity contribution in [1.29, 1.82) is 0 Å². The summed E-state index contributed by atoms with van der Waals surface area (Å²) in [6.45, 7) is 9.73. The fraction of sp³-hybridized carbons (Fsp3) is 0.688. The number of aromatic nitrogens is 2. The Kier molecular flexibility index (Phi) is 3.82. The quantitative estimate of drug-likeness (QED) is 0.914. The van der Waals surface area contributed by atoms with Crippen molar-refractivity contribution in [3.63, 3.8) is 0 Å². The molecule has 0 unspecified atom stereocenters. The lowest BCUT2D eigenvalue weighted by Gasteiger charge is -2.60. The summed E-state index contributed by atoms with van der Waals surface area (Å²) >= 11 is 0. The summed E-state index contributed by atoms with van der Waals surface area (Å²) in [7, 11) is 1.81. The van der Waals surface area contributed by atoms with Gasteiger partial charge in [-0.15, -0.1) is 0 Å². The number of H-pyrrole nitrogens is 1. The summed E-state index contributed by atoms with van der Waals surface area (Å²) in [5.74, 6) is 0.308. The first-order chi connectivity index (χ1) is 10.8. The van der Waals surface area contributed by atoms with Gasteiger partial charge in [0.1, 0.15) is 5.69 Å². The van der Waals surface area contributed by atoms with Crippen molar-refractivity contribution in [3.8, 4) is 0 Å². The molecule has 0 atom stereocenters. The van der Waals surface area contributed by atoms with E-state index in [1.54, 1.807) is 4.90 Å². The van der Waals surface area contributed by atoms with Crippen molar-refractivity contribution >= 4 is 11.9 Å². The van der Waals surface area contributed by atoms with E-state index in [1.165, 1.54) is 0 Å². The predicted molar refractivity (Wildman–Crippen MR) is 86.3 cm³/mol. The van der Waals surface area contributed by atoms with Gasteiger partial charge in [-0.05, 0) is 18.9 Å². The van der Waals surface area contributed by atoms with Crippen LogP contribution in [0.4, 0.5) is 4.79 Å². The molecule has 1 aromatic rings. The second-order valence-electron chi connectivity index (χ2n) is 7.18. The zero-order valence-corrected chi connectivity index (χ0v) is 14.3. The molecule has 7 nitrogen and oxygen atoms in total. The molecule has 2 aliphatic heterocycles. The van der Waals surface area contributed by atoms with Crippen LogP contribution in [0.1, 0.15) is 42.9 Å². The highest BCUT2D eigenvalue weighted by atomic mass is 16.2. The summed E-state index contributed by atoms with van der Waals surface area (Å²) in [4.78, 5) is 29.9. The Morgan fingerprint density at radius 3 is 2.43 bits per heavy atom. The van der Waals surface area contributed by atoms with Gasteiger partial charge in [-0.25, -0.2) is 4.79 Å². The van der Waals surface area contributed by atoms with Crippen LogP contribution in [0.5, 0.6) is 0 Å². The summed E-state index contributed by atoms with van der Waals surface area (Å²) in [5.41, 5.74) is 1.57. The summed E-state index contributed by atoms with van der Waals surface area (Å²) in [5, 5.41) is 7.04. The van der Waals surface area contributed by atoms with Crippen molar-refractivity contribution < 1.29 is 9.59 Å². The van der Waals surface area contributed by atoms with Crippen LogP contribution in [-0.2, 0) is 0 Å². The van der Waals surface area contributed by atoms with E-state index in [-0.39, 0.29) is 17.4 Å². The molecule has 23 heavy (non-hydrogen) atoms. The van der Waals surface area contributed by atoms with Crippen molar-refractivity contribution in [2.75, 3.05) is 39.8 Å². The first-order valence-electron chi connectivity index (χ1n) is 8.20. The molecule has 0 radical (unpaired) electrons. The van der Waals surface area contributed by atoms with Gasteiger partial charge in [0.25, 0.3) is 5.91 Å². The third-order valence-electron chi connectivity index (χ3n) is 4.90. The van der Waals surface area contributed by atoms with Gasteiger partial charge in [-0.2, -0.15) is 5.10 Å². The lowest BCUT2D eigenvalue weighted by molar-refractivity contribution is -0.0818. The van der Waals surface area contributed by atoms with Gasteiger partial charge in [0, 0.05) is 50.9 Å². The SMILES string of the molecule is CCN(C)C(=O)N1CC2(CN(C(=O)c3cc(C(C)C)[nH]n3)C2)C1. The highest BCUT2D eigenvalue weighted by molar-refractivity contribution is 5.93. The average molecular weight is 319 g/mol. The Labute approximate surface area is 136 Å². The number of carbonyl (C=O) groups excluding carboxylic acids is 2. The van der Waals surface area contributed by atoms with Crippen LogP contribution in [-0.4, -0.2) is 76.6 Å². The molecule has 2 saturated heterocycles. The maximum Gasteiger partial charge on any atom is 0.319 e. The van der Waals surface area contributed by atoms with Gasteiger partial charge in [-0.3, -0.25) is 9.89 Å². The number of urea groups is 1. The highest BCUT2D eigenvalue weighted by Crippen LogP contribution is 2.40.